The van der Waals surface area contributed by atoms with E-state index in [4.69, 9.17) is 14.6 Å². The minimum absolute atomic E-state index is 0.0473. The summed E-state index contributed by atoms with van der Waals surface area (Å²) in [6.45, 7) is 1.55. The molecule has 1 unspecified atom stereocenters. The molecule has 1 fully saturated rings. The van der Waals surface area contributed by atoms with Crippen molar-refractivity contribution in [1.82, 2.24) is 9.88 Å². The fraction of sp³-hybridized carbons (Fsp3) is 0.538. The largest absolute Gasteiger partial charge is 0.472 e. The Hall–Kier alpha value is -1.66. The first-order valence-electron chi connectivity index (χ1n) is 6.27. The monoisotopic (exact) mass is 266 g/mol. The fourth-order valence-electron chi connectivity index (χ4n) is 1.83. The van der Waals surface area contributed by atoms with E-state index in [9.17, 15) is 4.79 Å². The van der Waals surface area contributed by atoms with Gasteiger partial charge in [0, 0.05) is 32.3 Å². The molecular formula is C13H18N2O4. The van der Waals surface area contributed by atoms with E-state index in [-0.39, 0.29) is 18.6 Å². The highest BCUT2D eigenvalue weighted by atomic mass is 16.5. The van der Waals surface area contributed by atoms with Crippen LogP contribution in [-0.2, 0) is 4.74 Å². The summed E-state index contributed by atoms with van der Waals surface area (Å²) in [6.07, 6.45) is 2.40. The number of carbonyl (C=O) groups is 1. The molecule has 1 N–H and O–H groups in total. The van der Waals surface area contributed by atoms with Crippen LogP contribution in [0.25, 0.3) is 0 Å². The maximum atomic E-state index is 11.9. The Kier molecular flexibility index (Phi) is 4.70. The van der Waals surface area contributed by atoms with Gasteiger partial charge in [-0.1, -0.05) is 0 Å². The third-order valence-corrected chi connectivity index (χ3v) is 2.94. The van der Waals surface area contributed by atoms with Crippen molar-refractivity contribution >= 4 is 5.91 Å². The van der Waals surface area contributed by atoms with Gasteiger partial charge >= 0.3 is 0 Å². The Morgan fingerprint density at radius 3 is 3.05 bits per heavy atom. The summed E-state index contributed by atoms with van der Waals surface area (Å²) in [6, 6.07) is 3.35. The van der Waals surface area contributed by atoms with Crippen LogP contribution in [0.5, 0.6) is 5.88 Å². The van der Waals surface area contributed by atoms with E-state index in [1.165, 1.54) is 11.1 Å². The Morgan fingerprint density at radius 2 is 2.47 bits per heavy atom. The third-order valence-electron chi connectivity index (χ3n) is 2.94. The van der Waals surface area contributed by atoms with Crippen LogP contribution in [-0.4, -0.2) is 60.4 Å². The molecule has 19 heavy (non-hydrogen) atoms. The molecule has 0 aromatic carbocycles. The molecule has 0 radical (unpaired) electrons. The second-order valence-electron chi connectivity index (χ2n) is 4.44. The van der Waals surface area contributed by atoms with Crippen LogP contribution in [0.15, 0.2) is 18.3 Å². The number of hydrogen-bond donors (Lipinski definition) is 1. The van der Waals surface area contributed by atoms with Gasteiger partial charge < -0.3 is 19.5 Å². The first kappa shape index (κ1) is 13.8. The molecule has 0 aliphatic carbocycles. The Balaban J connectivity index is 1.95. The molecule has 6 nitrogen and oxygen atoms in total. The van der Waals surface area contributed by atoms with Crippen molar-refractivity contribution in [1.29, 1.82) is 0 Å². The summed E-state index contributed by atoms with van der Waals surface area (Å²) < 4.78 is 10.8. The Labute approximate surface area is 112 Å². The van der Waals surface area contributed by atoms with E-state index in [1.54, 1.807) is 19.2 Å². The zero-order valence-corrected chi connectivity index (χ0v) is 10.9. The van der Waals surface area contributed by atoms with Crippen LogP contribution in [0, 0.1) is 0 Å². The van der Waals surface area contributed by atoms with Gasteiger partial charge in [-0.05, 0) is 6.07 Å². The number of aliphatic hydroxyl groups is 1. The van der Waals surface area contributed by atoms with Crippen LogP contribution >= 0.6 is 0 Å². The van der Waals surface area contributed by atoms with Gasteiger partial charge in [0.25, 0.3) is 5.91 Å². The van der Waals surface area contributed by atoms with Crippen molar-refractivity contribution in [2.75, 3.05) is 33.4 Å². The van der Waals surface area contributed by atoms with Crippen molar-refractivity contribution in [3.05, 3.63) is 23.9 Å². The van der Waals surface area contributed by atoms with Gasteiger partial charge in [-0.3, -0.25) is 4.79 Å². The van der Waals surface area contributed by atoms with Gasteiger partial charge in [0.2, 0.25) is 5.88 Å². The van der Waals surface area contributed by atoms with E-state index in [0.717, 1.165) is 6.42 Å². The molecule has 2 rings (SSSR count). The fourth-order valence-corrected chi connectivity index (χ4v) is 1.83. The quantitative estimate of drug-likeness (QED) is 0.830. The lowest BCUT2D eigenvalue weighted by Gasteiger charge is -2.16. The molecule has 1 saturated heterocycles. The van der Waals surface area contributed by atoms with Crippen LogP contribution in [0.3, 0.4) is 0 Å². The van der Waals surface area contributed by atoms with E-state index >= 15 is 0 Å². The molecule has 2 heterocycles. The number of pyridine rings is 1. The maximum Gasteiger partial charge on any atom is 0.255 e. The number of carbonyl (C=O) groups excluding carboxylic acids is 1. The summed E-state index contributed by atoms with van der Waals surface area (Å²) in [5, 5.41) is 8.79. The van der Waals surface area contributed by atoms with Crippen LogP contribution in [0.1, 0.15) is 16.8 Å². The number of aromatic nitrogens is 1. The van der Waals surface area contributed by atoms with Crippen molar-refractivity contribution < 1.29 is 19.4 Å². The molecule has 6 heteroatoms. The summed E-state index contributed by atoms with van der Waals surface area (Å²) in [4.78, 5) is 17.5. The lowest BCUT2D eigenvalue weighted by Crippen LogP contribution is -2.29. The summed E-state index contributed by atoms with van der Waals surface area (Å²) in [7, 11) is 1.64. The highest BCUT2D eigenvalue weighted by Crippen LogP contribution is 2.15. The van der Waals surface area contributed by atoms with Crippen LogP contribution in [0.2, 0.25) is 0 Å². The first-order chi connectivity index (χ1) is 9.20. The second-order valence-corrected chi connectivity index (χ2v) is 4.44. The zero-order valence-electron chi connectivity index (χ0n) is 10.9. The molecule has 1 aromatic heterocycles. The topological polar surface area (TPSA) is 71.9 Å². The van der Waals surface area contributed by atoms with Crippen molar-refractivity contribution in [3.63, 3.8) is 0 Å². The molecular weight excluding hydrogens is 248 g/mol. The highest BCUT2D eigenvalue weighted by Gasteiger charge is 2.18. The van der Waals surface area contributed by atoms with Gasteiger partial charge in [0.05, 0.1) is 25.4 Å². The molecule has 1 atom stereocenters. The predicted molar refractivity (Wildman–Crippen MR) is 68.1 cm³/mol. The predicted octanol–water partition coefficient (Wildman–Crippen LogP) is 0.314. The minimum Gasteiger partial charge on any atom is -0.472 e. The standard InChI is InChI=1S/C13H18N2O4/c1-15(5-6-16)13(17)10-2-3-12(14-8-10)19-11-4-7-18-9-11/h2-3,8,11,16H,4-7,9H2,1H3. The van der Waals surface area contributed by atoms with E-state index < -0.39 is 0 Å². The maximum absolute atomic E-state index is 11.9. The molecule has 1 aromatic rings. The number of ether oxygens (including phenoxy) is 2. The number of aliphatic hydroxyl groups excluding tert-OH is 1. The minimum atomic E-state index is -0.169. The number of amides is 1. The second kappa shape index (κ2) is 6.49. The summed E-state index contributed by atoms with van der Waals surface area (Å²) >= 11 is 0. The van der Waals surface area contributed by atoms with E-state index in [0.29, 0.717) is 31.2 Å². The molecule has 104 valence electrons. The smallest absolute Gasteiger partial charge is 0.255 e. The molecule has 0 saturated carbocycles. The van der Waals surface area contributed by atoms with E-state index in [2.05, 4.69) is 4.98 Å². The van der Waals surface area contributed by atoms with Crippen molar-refractivity contribution in [2.45, 2.75) is 12.5 Å². The highest BCUT2D eigenvalue weighted by molar-refractivity contribution is 5.93. The van der Waals surface area contributed by atoms with Gasteiger partial charge in [-0.15, -0.1) is 0 Å². The lowest BCUT2D eigenvalue weighted by molar-refractivity contribution is 0.0766. The van der Waals surface area contributed by atoms with Crippen LogP contribution < -0.4 is 4.74 Å². The summed E-state index contributed by atoms with van der Waals surface area (Å²) in [5.41, 5.74) is 0.478. The molecule has 0 bridgehead atoms. The van der Waals surface area contributed by atoms with Gasteiger partial charge in [0.1, 0.15) is 6.10 Å². The number of nitrogens with zero attached hydrogens (tertiary/aromatic N) is 2. The molecule has 1 amide bonds. The molecule has 0 spiro atoms. The summed E-state index contributed by atoms with van der Waals surface area (Å²) in [5.74, 6) is 0.328. The van der Waals surface area contributed by atoms with Gasteiger partial charge in [-0.2, -0.15) is 0 Å². The lowest BCUT2D eigenvalue weighted by atomic mass is 10.2. The Morgan fingerprint density at radius 1 is 1.63 bits per heavy atom. The van der Waals surface area contributed by atoms with Gasteiger partial charge in [-0.25, -0.2) is 4.98 Å². The normalized spacial score (nSPS) is 18.3. The number of rotatable bonds is 5. The van der Waals surface area contributed by atoms with Crippen molar-refractivity contribution in [2.24, 2.45) is 0 Å². The number of likely N-dealkylation sites (N-methyl/N-ethyl adjacent to an activating group) is 1. The third kappa shape index (κ3) is 3.65. The average molecular weight is 266 g/mol. The van der Waals surface area contributed by atoms with Crippen molar-refractivity contribution in [3.8, 4) is 5.88 Å². The zero-order chi connectivity index (χ0) is 13.7. The van der Waals surface area contributed by atoms with Gasteiger partial charge in [0.15, 0.2) is 0 Å². The van der Waals surface area contributed by atoms with E-state index in [1.807, 2.05) is 0 Å². The Bertz CT molecular complexity index is 415. The number of hydrogen-bond acceptors (Lipinski definition) is 5. The van der Waals surface area contributed by atoms with Crippen LogP contribution in [0.4, 0.5) is 0 Å². The molecule has 1 aliphatic heterocycles. The first-order valence-corrected chi connectivity index (χ1v) is 6.27. The molecule has 1 aliphatic rings. The average Bonchev–Trinajstić information content (AvgIpc) is 2.92. The SMILES string of the molecule is CN(CCO)C(=O)c1ccc(OC2CCOC2)nc1.